The number of hydrogen-bond donors (Lipinski definition) is 2. The number of nitrogens with zero attached hydrogens (tertiary/aromatic N) is 2. The summed E-state index contributed by atoms with van der Waals surface area (Å²) < 4.78 is 0. The fourth-order valence-corrected chi connectivity index (χ4v) is 1.68. The molecule has 0 aliphatic carbocycles. The second-order valence-corrected chi connectivity index (χ2v) is 4.08. The number of carbonyl (C=O) groups is 1. The quantitative estimate of drug-likeness (QED) is 0.359. The molecule has 0 bridgehead atoms. The molecule has 1 amide bonds. The van der Waals surface area contributed by atoms with E-state index in [0.717, 1.165) is 12.0 Å². The van der Waals surface area contributed by atoms with Gasteiger partial charge in [-0.1, -0.05) is 30.3 Å². The first-order valence-electron chi connectivity index (χ1n) is 5.90. The molecule has 1 aromatic carbocycles. The molecule has 1 aromatic rings. The Morgan fingerprint density at radius 1 is 1.44 bits per heavy atom. The van der Waals surface area contributed by atoms with E-state index in [1.54, 1.807) is 11.9 Å². The molecule has 0 unspecified atom stereocenters. The Balaban J connectivity index is 2.74. The van der Waals surface area contributed by atoms with Crippen LogP contribution in [0, 0.1) is 0 Å². The lowest BCUT2D eigenvalue weighted by Crippen LogP contribution is -2.31. The van der Waals surface area contributed by atoms with Crippen LogP contribution in [0.25, 0.3) is 0 Å². The number of benzene rings is 1. The van der Waals surface area contributed by atoms with Gasteiger partial charge in [-0.15, -0.1) is 0 Å². The van der Waals surface area contributed by atoms with E-state index in [2.05, 4.69) is 5.16 Å². The maximum Gasteiger partial charge on any atom is 0.253 e. The van der Waals surface area contributed by atoms with Gasteiger partial charge in [-0.05, 0) is 18.1 Å². The van der Waals surface area contributed by atoms with Crippen LogP contribution in [-0.4, -0.2) is 35.4 Å². The molecule has 5 heteroatoms. The number of amidine groups is 1. The van der Waals surface area contributed by atoms with Gasteiger partial charge in [0, 0.05) is 25.6 Å². The molecule has 0 saturated carbocycles. The highest BCUT2D eigenvalue weighted by Crippen LogP contribution is 2.11. The van der Waals surface area contributed by atoms with E-state index in [0.29, 0.717) is 18.5 Å². The van der Waals surface area contributed by atoms with Gasteiger partial charge in [-0.3, -0.25) is 4.79 Å². The maximum atomic E-state index is 12.2. The Morgan fingerprint density at radius 3 is 2.72 bits per heavy atom. The molecule has 0 aliphatic heterocycles. The number of amides is 1. The van der Waals surface area contributed by atoms with Gasteiger partial charge in [-0.25, -0.2) is 0 Å². The van der Waals surface area contributed by atoms with Crippen LogP contribution in [0.15, 0.2) is 29.4 Å². The molecule has 0 fully saturated rings. The van der Waals surface area contributed by atoms with Crippen molar-refractivity contribution in [1.82, 2.24) is 4.90 Å². The third-order valence-corrected chi connectivity index (χ3v) is 2.81. The van der Waals surface area contributed by atoms with Crippen LogP contribution in [0.4, 0.5) is 0 Å². The molecule has 0 heterocycles. The van der Waals surface area contributed by atoms with Gasteiger partial charge >= 0.3 is 0 Å². The SMILES string of the molecule is CCc1ccccc1C(=O)N(C)CC/C(N)=N/O. The molecular weight excluding hydrogens is 230 g/mol. The van der Waals surface area contributed by atoms with Crippen LogP contribution in [0.1, 0.15) is 29.3 Å². The predicted octanol–water partition coefficient (Wildman–Crippen LogP) is 1.46. The maximum absolute atomic E-state index is 12.2. The minimum Gasteiger partial charge on any atom is -0.409 e. The summed E-state index contributed by atoms with van der Waals surface area (Å²) in [6, 6.07) is 7.54. The summed E-state index contributed by atoms with van der Waals surface area (Å²) in [5.41, 5.74) is 7.11. The van der Waals surface area contributed by atoms with Crippen molar-refractivity contribution in [3.63, 3.8) is 0 Å². The zero-order valence-electron chi connectivity index (χ0n) is 10.8. The first kappa shape index (κ1) is 14.0. The standard InChI is InChI=1S/C13H19N3O2/c1-3-10-6-4-5-7-11(10)13(17)16(2)9-8-12(14)15-18/h4-7,18H,3,8-9H2,1-2H3,(H2,14,15). The lowest BCUT2D eigenvalue weighted by molar-refractivity contribution is 0.0797. The number of nitrogens with two attached hydrogens (primary N) is 1. The average Bonchev–Trinajstić information content (AvgIpc) is 2.43. The highest BCUT2D eigenvalue weighted by atomic mass is 16.4. The molecule has 18 heavy (non-hydrogen) atoms. The first-order valence-corrected chi connectivity index (χ1v) is 5.90. The monoisotopic (exact) mass is 249 g/mol. The first-order chi connectivity index (χ1) is 8.60. The molecule has 0 spiro atoms. The third-order valence-electron chi connectivity index (χ3n) is 2.81. The molecular formula is C13H19N3O2. The molecule has 3 N–H and O–H groups in total. The Kier molecular flexibility index (Phi) is 5.17. The van der Waals surface area contributed by atoms with Crippen molar-refractivity contribution in [2.45, 2.75) is 19.8 Å². The molecule has 0 saturated heterocycles. The van der Waals surface area contributed by atoms with Crippen LogP contribution in [0.3, 0.4) is 0 Å². The number of carbonyl (C=O) groups excluding carboxylic acids is 1. The van der Waals surface area contributed by atoms with Crippen LogP contribution in [-0.2, 0) is 6.42 Å². The van der Waals surface area contributed by atoms with Gasteiger partial charge in [0.15, 0.2) is 0 Å². The second kappa shape index (κ2) is 6.64. The van der Waals surface area contributed by atoms with Crippen molar-refractivity contribution in [1.29, 1.82) is 0 Å². The molecule has 1 rings (SSSR count). The van der Waals surface area contributed by atoms with E-state index >= 15 is 0 Å². The Labute approximate surface area is 107 Å². The minimum atomic E-state index is -0.0433. The van der Waals surface area contributed by atoms with Crippen molar-refractivity contribution < 1.29 is 10.0 Å². The van der Waals surface area contributed by atoms with Crippen LogP contribution < -0.4 is 5.73 Å². The minimum absolute atomic E-state index is 0.0433. The lowest BCUT2D eigenvalue weighted by Gasteiger charge is -2.18. The second-order valence-electron chi connectivity index (χ2n) is 4.08. The number of aryl methyl sites for hydroxylation is 1. The number of hydrogen-bond acceptors (Lipinski definition) is 3. The summed E-state index contributed by atoms with van der Waals surface area (Å²) in [6.07, 6.45) is 1.17. The van der Waals surface area contributed by atoms with Gasteiger partial charge < -0.3 is 15.8 Å². The van der Waals surface area contributed by atoms with Crippen LogP contribution in [0.2, 0.25) is 0 Å². The Bertz CT molecular complexity index is 444. The summed E-state index contributed by atoms with van der Waals surface area (Å²) in [5, 5.41) is 11.3. The number of oxime groups is 1. The van der Waals surface area contributed by atoms with E-state index in [4.69, 9.17) is 10.9 Å². The smallest absolute Gasteiger partial charge is 0.253 e. The normalized spacial score (nSPS) is 11.3. The van der Waals surface area contributed by atoms with Gasteiger partial charge in [0.2, 0.25) is 0 Å². The summed E-state index contributed by atoms with van der Waals surface area (Å²) in [7, 11) is 1.71. The molecule has 0 atom stereocenters. The lowest BCUT2D eigenvalue weighted by atomic mass is 10.0. The fraction of sp³-hybridized carbons (Fsp3) is 0.385. The van der Waals surface area contributed by atoms with Crippen molar-refractivity contribution in [3.8, 4) is 0 Å². The van der Waals surface area contributed by atoms with Crippen molar-refractivity contribution >= 4 is 11.7 Å². The summed E-state index contributed by atoms with van der Waals surface area (Å²) >= 11 is 0. The number of rotatable bonds is 5. The van der Waals surface area contributed by atoms with Gasteiger partial charge in [0.1, 0.15) is 5.84 Å². The molecule has 0 aliphatic rings. The Morgan fingerprint density at radius 2 is 2.11 bits per heavy atom. The average molecular weight is 249 g/mol. The highest BCUT2D eigenvalue weighted by Gasteiger charge is 2.14. The van der Waals surface area contributed by atoms with E-state index in [1.807, 2.05) is 31.2 Å². The summed E-state index contributed by atoms with van der Waals surface area (Å²) in [4.78, 5) is 13.8. The summed E-state index contributed by atoms with van der Waals surface area (Å²) in [6.45, 7) is 2.44. The zero-order chi connectivity index (χ0) is 13.5. The van der Waals surface area contributed by atoms with Crippen molar-refractivity contribution in [2.24, 2.45) is 10.9 Å². The van der Waals surface area contributed by atoms with Crippen LogP contribution >= 0.6 is 0 Å². The van der Waals surface area contributed by atoms with Gasteiger partial charge in [0.05, 0.1) is 0 Å². The van der Waals surface area contributed by atoms with E-state index in [9.17, 15) is 4.79 Å². The largest absolute Gasteiger partial charge is 0.409 e. The van der Waals surface area contributed by atoms with E-state index in [-0.39, 0.29) is 11.7 Å². The fourth-order valence-electron chi connectivity index (χ4n) is 1.68. The molecule has 0 radical (unpaired) electrons. The Hall–Kier alpha value is -2.04. The predicted molar refractivity (Wildman–Crippen MR) is 70.8 cm³/mol. The van der Waals surface area contributed by atoms with Crippen LogP contribution in [0.5, 0.6) is 0 Å². The molecule has 0 aromatic heterocycles. The highest BCUT2D eigenvalue weighted by molar-refractivity contribution is 5.95. The zero-order valence-corrected chi connectivity index (χ0v) is 10.8. The van der Waals surface area contributed by atoms with Crippen molar-refractivity contribution in [2.75, 3.05) is 13.6 Å². The third kappa shape index (κ3) is 3.48. The van der Waals surface area contributed by atoms with Gasteiger partial charge in [-0.2, -0.15) is 0 Å². The molecule has 98 valence electrons. The van der Waals surface area contributed by atoms with Crippen molar-refractivity contribution in [3.05, 3.63) is 35.4 Å². The topological polar surface area (TPSA) is 78.9 Å². The summed E-state index contributed by atoms with van der Waals surface area (Å²) in [5.74, 6) is 0.0802. The van der Waals surface area contributed by atoms with Gasteiger partial charge in [0.25, 0.3) is 5.91 Å². The van der Waals surface area contributed by atoms with E-state index < -0.39 is 0 Å². The van der Waals surface area contributed by atoms with E-state index in [1.165, 1.54) is 0 Å². The molecule has 5 nitrogen and oxygen atoms in total.